The molecule has 0 aliphatic heterocycles. The van der Waals surface area contributed by atoms with E-state index in [-0.39, 0.29) is 0 Å². The molecular formula is C18H14N4OS. The number of amides is 1. The highest BCUT2D eigenvalue weighted by atomic mass is 32.1. The second-order valence-corrected chi connectivity index (χ2v) is 6.27. The summed E-state index contributed by atoms with van der Waals surface area (Å²) in [5, 5.41) is 2.03. The summed E-state index contributed by atoms with van der Waals surface area (Å²) in [5.41, 5.74) is 13.5. The smallest absolute Gasteiger partial charge is 0.250 e. The average Bonchev–Trinajstić information content (AvgIpc) is 3.26. The zero-order valence-electron chi connectivity index (χ0n) is 12.7. The second kappa shape index (κ2) is 5.90. The highest BCUT2D eigenvalue weighted by Crippen LogP contribution is 2.23. The van der Waals surface area contributed by atoms with E-state index < -0.39 is 5.91 Å². The molecule has 118 valence electrons. The third kappa shape index (κ3) is 2.68. The molecule has 0 aliphatic carbocycles. The summed E-state index contributed by atoms with van der Waals surface area (Å²) in [7, 11) is 0. The van der Waals surface area contributed by atoms with Gasteiger partial charge >= 0.3 is 0 Å². The van der Waals surface area contributed by atoms with E-state index in [0.717, 1.165) is 27.9 Å². The van der Waals surface area contributed by atoms with Crippen molar-refractivity contribution in [2.45, 2.75) is 6.42 Å². The van der Waals surface area contributed by atoms with E-state index in [1.165, 1.54) is 0 Å². The fraction of sp³-hybridized carbons (Fsp3) is 0.0556. The van der Waals surface area contributed by atoms with Gasteiger partial charge in [-0.1, -0.05) is 24.3 Å². The highest BCUT2D eigenvalue weighted by Gasteiger charge is 2.11. The Morgan fingerprint density at radius 1 is 1.12 bits per heavy atom. The zero-order chi connectivity index (χ0) is 16.5. The van der Waals surface area contributed by atoms with Crippen LogP contribution >= 0.6 is 11.3 Å². The molecule has 0 spiro atoms. The number of carbonyl (C=O) groups excluding carboxylic acids is 1. The van der Waals surface area contributed by atoms with Crippen molar-refractivity contribution in [3.8, 4) is 11.3 Å². The molecule has 0 fully saturated rings. The molecule has 2 heterocycles. The Morgan fingerprint density at radius 2 is 1.96 bits per heavy atom. The van der Waals surface area contributed by atoms with Crippen LogP contribution in [0.1, 0.15) is 21.5 Å². The number of nitrogens with one attached hydrogen (secondary N) is 1. The van der Waals surface area contributed by atoms with E-state index >= 15 is 0 Å². The number of nitrogens with zero attached hydrogens (tertiary/aromatic N) is 2. The summed E-state index contributed by atoms with van der Waals surface area (Å²) >= 11 is 1.58. The maximum absolute atomic E-state index is 11.7. The van der Waals surface area contributed by atoms with Gasteiger partial charge in [0.15, 0.2) is 0 Å². The first-order valence-electron chi connectivity index (χ1n) is 7.44. The number of carbonyl (C=O) groups is 1. The molecule has 0 unspecified atom stereocenters. The number of H-pyrrole nitrogens is 1. The number of aromatic amines is 1. The third-order valence-electron chi connectivity index (χ3n) is 3.95. The second-order valence-electron chi connectivity index (χ2n) is 5.55. The number of nitrogens with two attached hydrogens (primary N) is 1. The van der Waals surface area contributed by atoms with E-state index in [2.05, 4.69) is 39.2 Å². The Bertz CT molecular complexity index is 1000. The van der Waals surface area contributed by atoms with Gasteiger partial charge in [-0.25, -0.2) is 9.97 Å². The molecule has 0 aliphatic rings. The van der Waals surface area contributed by atoms with E-state index in [9.17, 15) is 4.79 Å². The monoisotopic (exact) mass is 334 g/mol. The minimum Gasteiger partial charge on any atom is -0.366 e. The molecule has 4 aromatic rings. The molecule has 2 aromatic heterocycles. The Kier molecular flexibility index (Phi) is 3.59. The van der Waals surface area contributed by atoms with E-state index in [4.69, 9.17) is 5.73 Å². The predicted molar refractivity (Wildman–Crippen MR) is 95.0 cm³/mol. The van der Waals surface area contributed by atoms with Gasteiger partial charge in [0.05, 0.1) is 34.1 Å². The van der Waals surface area contributed by atoms with Gasteiger partial charge in [0, 0.05) is 10.9 Å². The van der Waals surface area contributed by atoms with Gasteiger partial charge in [0.2, 0.25) is 0 Å². The summed E-state index contributed by atoms with van der Waals surface area (Å²) in [6.45, 7) is 0. The Balaban J connectivity index is 1.65. The molecular weight excluding hydrogens is 320 g/mol. The number of hydrogen-bond acceptors (Lipinski definition) is 4. The summed E-state index contributed by atoms with van der Waals surface area (Å²) in [6, 6.07) is 12.1. The molecule has 0 atom stereocenters. The summed E-state index contributed by atoms with van der Waals surface area (Å²) in [5.74, 6) is -0.454. The Morgan fingerprint density at radius 3 is 2.67 bits per heavy atom. The molecule has 6 heteroatoms. The number of aromatic nitrogens is 3. The van der Waals surface area contributed by atoms with Crippen molar-refractivity contribution in [1.29, 1.82) is 0 Å². The maximum atomic E-state index is 11.7. The number of imidazole rings is 1. The molecule has 24 heavy (non-hydrogen) atoms. The van der Waals surface area contributed by atoms with Gasteiger partial charge in [-0.15, -0.1) is 11.3 Å². The van der Waals surface area contributed by atoms with Crippen LogP contribution in [-0.2, 0) is 6.42 Å². The standard InChI is InChI=1S/C18H14N4OS/c19-18(23)14-6-12(7-15-17(14)21-9-20-15)5-11-1-3-13(4-2-11)16-8-24-10-22-16/h1-4,6-10H,5H2,(H2,19,23)(H,20,21). The third-order valence-corrected chi connectivity index (χ3v) is 4.53. The van der Waals surface area contributed by atoms with Crippen LogP contribution in [0, 0.1) is 0 Å². The van der Waals surface area contributed by atoms with Gasteiger partial charge < -0.3 is 10.7 Å². The van der Waals surface area contributed by atoms with Crippen molar-refractivity contribution in [2.75, 3.05) is 0 Å². The van der Waals surface area contributed by atoms with Crippen LogP contribution in [-0.4, -0.2) is 20.9 Å². The molecule has 1 amide bonds. The number of hydrogen-bond donors (Lipinski definition) is 2. The molecule has 0 saturated carbocycles. The maximum Gasteiger partial charge on any atom is 0.250 e. The van der Waals surface area contributed by atoms with Crippen molar-refractivity contribution >= 4 is 28.3 Å². The summed E-state index contributed by atoms with van der Waals surface area (Å²) < 4.78 is 0. The lowest BCUT2D eigenvalue weighted by atomic mass is 10.00. The first-order chi connectivity index (χ1) is 11.7. The minimum atomic E-state index is -0.454. The van der Waals surface area contributed by atoms with Gasteiger partial charge in [-0.2, -0.15) is 0 Å². The Labute approximate surface area is 142 Å². The van der Waals surface area contributed by atoms with E-state index in [0.29, 0.717) is 17.5 Å². The van der Waals surface area contributed by atoms with Crippen molar-refractivity contribution < 1.29 is 4.79 Å². The van der Waals surface area contributed by atoms with Crippen LogP contribution in [0.5, 0.6) is 0 Å². The molecule has 5 nitrogen and oxygen atoms in total. The van der Waals surface area contributed by atoms with Crippen molar-refractivity contribution in [3.63, 3.8) is 0 Å². The minimum absolute atomic E-state index is 0.454. The van der Waals surface area contributed by atoms with Crippen molar-refractivity contribution in [3.05, 3.63) is 70.3 Å². The number of thiazole rings is 1. The number of primary amides is 1. The zero-order valence-corrected chi connectivity index (χ0v) is 13.5. The first-order valence-corrected chi connectivity index (χ1v) is 8.38. The summed E-state index contributed by atoms with van der Waals surface area (Å²) in [4.78, 5) is 23.2. The first kappa shape index (κ1) is 14.6. The molecule has 4 rings (SSSR count). The topological polar surface area (TPSA) is 84.7 Å². The van der Waals surface area contributed by atoms with Gasteiger partial charge in [-0.05, 0) is 29.7 Å². The molecule has 3 N–H and O–H groups in total. The predicted octanol–water partition coefficient (Wildman–Crippen LogP) is 3.38. The normalized spacial score (nSPS) is 11.0. The van der Waals surface area contributed by atoms with Gasteiger partial charge in [0.25, 0.3) is 5.91 Å². The lowest BCUT2D eigenvalue weighted by molar-refractivity contribution is 0.100. The van der Waals surface area contributed by atoms with E-state index in [1.54, 1.807) is 17.7 Å². The highest BCUT2D eigenvalue weighted by molar-refractivity contribution is 7.07. The SMILES string of the molecule is NC(=O)c1cc(Cc2ccc(-c3cscn3)cc2)cc2nc[nH]c12. The number of fused-ring (bicyclic) bond motifs is 1. The average molecular weight is 334 g/mol. The van der Waals surface area contributed by atoms with Crippen LogP contribution in [0.25, 0.3) is 22.3 Å². The van der Waals surface area contributed by atoms with E-state index in [1.807, 2.05) is 23.0 Å². The quantitative estimate of drug-likeness (QED) is 0.600. The molecule has 0 radical (unpaired) electrons. The largest absolute Gasteiger partial charge is 0.366 e. The van der Waals surface area contributed by atoms with Gasteiger partial charge in [0.1, 0.15) is 0 Å². The number of rotatable bonds is 4. The molecule has 0 bridgehead atoms. The van der Waals surface area contributed by atoms with Crippen LogP contribution in [0.3, 0.4) is 0 Å². The van der Waals surface area contributed by atoms with Crippen molar-refractivity contribution in [2.24, 2.45) is 5.73 Å². The van der Waals surface area contributed by atoms with Crippen LogP contribution in [0.2, 0.25) is 0 Å². The number of benzene rings is 2. The van der Waals surface area contributed by atoms with Crippen LogP contribution < -0.4 is 5.73 Å². The molecule has 0 saturated heterocycles. The fourth-order valence-electron chi connectivity index (χ4n) is 2.79. The van der Waals surface area contributed by atoms with Crippen LogP contribution in [0.4, 0.5) is 0 Å². The van der Waals surface area contributed by atoms with Crippen molar-refractivity contribution in [1.82, 2.24) is 15.0 Å². The lowest BCUT2D eigenvalue weighted by Gasteiger charge is -2.06. The Hall–Kier alpha value is -2.99. The van der Waals surface area contributed by atoms with Crippen LogP contribution in [0.15, 0.2) is 53.6 Å². The lowest BCUT2D eigenvalue weighted by Crippen LogP contribution is -2.12. The fourth-order valence-corrected chi connectivity index (χ4v) is 3.35. The van der Waals surface area contributed by atoms with Gasteiger partial charge in [-0.3, -0.25) is 4.79 Å². The summed E-state index contributed by atoms with van der Waals surface area (Å²) in [6.07, 6.45) is 2.28. The molecule has 2 aromatic carbocycles.